The van der Waals surface area contributed by atoms with Crippen molar-refractivity contribution in [2.24, 2.45) is 0 Å². The van der Waals surface area contributed by atoms with Crippen LogP contribution in [0.25, 0.3) is 22.3 Å². The minimum absolute atomic E-state index is 0.666. The van der Waals surface area contributed by atoms with Gasteiger partial charge in [0, 0.05) is 43.3 Å². The molecule has 5 nitrogen and oxygen atoms in total. The zero-order valence-corrected chi connectivity index (χ0v) is 13.2. The van der Waals surface area contributed by atoms with Crippen LogP contribution in [-0.4, -0.2) is 36.1 Å². The van der Waals surface area contributed by atoms with Gasteiger partial charge in [0.1, 0.15) is 6.07 Å². The Balaban J connectivity index is 1.88. The van der Waals surface area contributed by atoms with E-state index in [-0.39, 0.29) is 0 Å². The molecule has 5 heteroatoms. The molecule has 0 spiro atoms. The molecule has 0 unspecified atom stereocenters. The van der Waals surface area contributed by atoms with E-state index in [2.05, 4.69) is 21.3 Å². The molecule has 1 N–H and O–H groups in total. The van der Waals surface area contributed by atoms with E-state index >= 15 is 0 Å². The van der Waals surface area contributed by atoms with Gasteiger partial charge >= 0.3 is 0 Å². The first-order valence-electron chi connectivity index (χ1n) is 8.08. The third-order valence-corrected chi connectivity index (χ3v) is 4.32. The molecule has 0 radical (unpaired) electrons. The molecule has 0 aliphatic carbocycles. The SMILES string of the molecule is N#Cc1cccc(-c2ncc3ccccc3n2)c1N1CCNCC1. The van der Waals surface area contributed by atoms with E-state index < -0.39 is 0 Å². The average Bonchev–Trinajstić information content (AvgIpc) is 2.67. The molecular formula is C19H17N5. The number of nitrogens with one attached hydrogen (secondary N) is 1. The number of piperazine rings is 1. The van der Waals surface area contributed by atoms with Gasteiger partial charge in [-0.1, -0.05) is 24.3 Å². The maximum Gasteiger partial charge on any atom is 0.161 e. The zero-order chi connectivity index (χ0) is 16.4. The number of benzene rings is 2. The Morgan fingerprint density at radius 3 is 2.71 bits per heavy atom. The van der Waals surface area contributed by atoms with Crippen molar-refractivity contribution in [3.8, 4) is 17.5 Å². The summed E-state index contributed by atoms with van der Waals surface area (Å²) in [6, 6.07) is 16.0. The van der Waals surface area contributed by atoms with Crippen LogP contribution in [0.3, 0.4) is 0 Å². The van der Waals surface area contributed by atoms with Crippen LogP contribution in [-0.2, 0) is 0 Å². The Labute approximate surface area is 140 Å². The van der Waals surface area contributed by atoms with Gasteiger partial charge in [-0.05, 0) is 18.2 Å². The molecule has 2 aromatic carbocycles. The monoisotopic (exact) mass is 315 g/mol. The van der Waals surface area contributed by atoms with Crippen LogP contribution in [0.1, 0.15) is 5.56 Å². The number of hydrogen-bond donors (Lipinski definition) is 1. The largest absolute Gasteiger partial charge is 0.367 e. The quantitative estimate of drug-likeness (QED) is 0.787. The van der Waals surface area contributed by atoms with E-state index in [4.69, 9.17) is 4.98 Å². The number of nitriles is 1. The van der Waals surface area contributed by atoms with E-state index in [1.807, 2.05) is 48.7 Å². The summed E-state index contributed by atoms with van der Waals surface area (Å²) in [4.78, 5) is 11.5. The van der Waals surface area contributed by atoms with Crippen molar-refractivity contribution in [1.82, 2.24) is 15.3 Å². The number of aromatic nitrogens is 2. The van der Waals surface area contributed by atoms with Crippen LogP contribution in [0.5, 0.6) is 0 Å². The first-order valence-corrected chi connectivity index (χ1v) is 8.08. The number of para-hydroxylation sites is 2. The normalized spacial score (nSPS) is 14.5. The van der Waals surface area contributed by atoms with Gasteiger partial charge in [-0.15, -0.1) is 0 Å². The zero-order valence-electron chi connectivity index (χ0n) is 13.2. The van der Waals surface area contributed by atoms with Crippen LogP contribution in [0.4, 0.5) is 5.69 Å². The third kappa shape index (κ3) is 2.57. The molecule has 1 aliphatic heterocycles. The van der Waals surface area contributed by atoms with Crippen molar-refractivity contribution < 1.29 is 0 Å². The van der Waals surface area contributed by atoms with Crippen molar-refractivity contribution >= 4 is 16.6 Å². The second-order valence-electron chi connectivity index (χ2n) is 5.80. The molecule has 4 rings (SSSR count). The van der Waals surface area contributed by atoms with Gasteiger partial charge < -0.3 is 10.2 Å². The molecule has 24 heavy (non-hydrogen) atoms. The van der Waals surface area contributed by atoms with Gasteiger partial charge in [-0.2, -0.15) is 5.26 Å². The molecule has 3 aromatic rings. The molecule has 0 atom stereocenters. The standard InChI is InChI=1S/C19H17N5/c20-12-14-5-3-6-16(18(14)24-10-8-21-9-11-24)19-22-13-15-4-1-2-7-17(15)23-19/h1-7,13,21H,8-11H2. The second kappa shape index (κ2) is 6.26. The Morgan fingerprint density at radius 1 is 1.04 bits per heavy atom. The van der Waals surface area contributed by atoms with E-state index in [9.17, 15) is 5.26 Å². The van der Waals surface area contributed by atoms with Gasteiger partial charge in [-0.3, -0.25) is 0 Å². The number of fused-ring (bicyclic) bond motifs is 1. The van der Waals surface area contributed by atoms with Crippen LogP contribution >= 0.6 is 0 Å². The molecule has 1 aliphatic rings. The van der Waals surface area contributed by atoms with Gasteiger partial charge in [-0.25, -0.2) is 9.97 Å². The molecule has 1 fully saturated rings. The predicted molar refractivity (Wildman–Crippen MR) is 94.8 cm³/mol. The van der Waals surface area contributed by atoms with E-state index in [0.29, 0.717) is 11.4 Å². The summed E-state index contributed by atoms with van der Waals surface area (Å²) < 4.78 is 0. The highest BCUT2D eigenvalue weighted by atomic mass is 15.2. The number of anilines is 1. The topological polar surface area (TPSA) is 64.8 Å². The lowest BCUT2D eigenvalue weighted by molar-refractivity contribution is 0.589. The third-order valence-electron chi connectivity index (χ3n) is 4.32. The number of nitrogens with zero attached hydrogens (tertiary/aromatic N) is 4. The van der Waals surface area contributed by atoms with Crippen LogP contribution < -0.4 is 10.2 Å². The minimum atomic E-state index is 0.666. The first kappa shape index (κ1) is 14.6. The highest BCUT2D eigenvalue weighted by molar-refractivity contribution is 5.84. The summed E-state index contributed by atoms with van der Waals surface area (Å²) in [5.41, 5.74) is 3.45. The lowest BCUT2D eigenvalue weighted by Gasteiger charge is -2.31. The fourth-order valence-electron chi connectivity index (χ4n) is 3.15. The minimum Gasteiger partial charge on any atom is -0.367 e. The lowest BCUT2D eigenvalue weighted by Crippen LogP contribution is -2.44. The molecule has 1 saturated heterocycles. The molecule has 0 bridgehead atoms. The molecule has 118 valence electrons. The highest BCUT2D eigenvalue weighted by Crippen LogP contribution is 2.32. The first-order chi connectivity index (χ1) is 11.9. The van der Waals surface area contributed by atoms with Crippen molar-refractivity contribution in [3.05, 3.63) is 54.2 Å². The molecular weight excluding hydrogens is 298 g/mol. The maximum atomic E-state index is 9.56. The van der Waals surface area contributed by atoms with Gasteiger partial charge in [0.05, 0.1) is 16.8 Å². The van der Waals surface area contributed by atoms with Crippen LogP contribution in [0.15, 0.2) is 48.7 Å². The number of hydrogen-bond acceptors (Lipinski definition) is 5. The summed E-state index contributed by atoms with van der Waals surface area (Å²) >= 11 is 0. The Kier molecular flexibility index (Phi) is 3.81. The predicted octanol–water partition coefficient (Wildman–Crippen LogP) is 2.58. The van der Waals surface area contributed by atoms with Gasteiger partial charge in [0.15, 0.2) is 5.82 Å². The Bertz CT molecular complexity index is 922. The summed E-state index contributed by atoms with van der Waals surface area (Å²) in [6.07, 6.45) is 1.85. The molecule has 0 amide bonds. The fourth-order valence-corrected chi connectivity index (χ4v) is 3.15. The summed E-state index contributed by atoms with van der Waals surface area (Å²) in [5.74, 6) is 0.666. The molecule has 1 aromatic heterocycles. The number of rotatable bonds is 2. The Hall–Kier alpha value is -2.97. The van der Waals surface area contributed by atoms with E-state index in [1.54, 1.807) is 0 Å². The van der Waals surface area contributed by atoms with Crippen molar-refractivity contribution in [2.45, 2.75) is 0 Å². The maximum absolute atomic E-state index is 9.56. The summed E-state index contributed by atoms with van der Waals surface area (Å²) in [5, 5.41) is 13.9. The van der Waals surface area contributed by atoms with Crippen LogP contribution in [0.2, 0.25) is 0 Å². The van der Waals surface area contributed by atoms with Crippen molar-refractivity contribution in [2.75, 3.05) is 31.1 Å². The van der Waals surface area contributed by atoms with E-state index in [0.717, 1.165) is 48.3 Å². The summed E-state index contributed by atoms with van der Waals surface area (Å²) in [7, 11) is 0. The molecule has 0 saturated carbocycles. The van der Waals surface area contributed by atoms with Gasteiger partial charge in [0.2, 0.25) is 0 Å². The van der Waals surface area contributed by atoms with Crippen molar-refractivity contribution in [1.29, 1.82) is 5.26 Å². The van der Waals surface area contributed by atoms with Crippen LogP contribution in [0, 0.1) is 11.3 Å². The second-order valence-corrected chi connectivity index (χ2v) is 5.80. The average molecular weight is 315 g/mol. The lowest BCUT2D eigenvalue weighted by atomic mass is 10.0. The summed E-state index contributed by atoms with van der Waals surface area (Å²) in [6.45, 7) is 3.58. The molecule has 2 heterocycles. The van der Waals surface area contributed by atoms with E-state index in [1.165, 1.54) is 0 Å². The highest BCUT2D eigenvalue weighted by Gasteiger charge is 2.20. The van der Waals surface area contributed by atoms with Crippen molar-refractivity contribution in [3.63, 3.8) is 0 Å². The van der Waals surface area contributed by atoms with Gasteiger partial charge in [0.25, 0.3) is 0 Å². The smallest absolute Gasteiger partial charge is 0.161 e. The fraction of sp³-hybridized carbons (Fsp3) is 0.211. The Morgan fingerprint density at radius 2 is 1.88 bits per heavy atom.